The minimum absolute atomic E-state index is 0.215. The zero-order valence-electron chi connectivity index (χ0n) is 17.3. The number of fused-ring (bicyclic) bond motifs is 1. The van der Waals surface area contributed by atoms with Gasteiger partial charge in [0.2, 0.25) is 5.78 Å². The van der Waals surface area contributed by atoms with E-state index in [1.54, 1.807) is 42.5 Å². The van der Waals surface area contributed by atoms with Gasteiger partial charge in [-0.1, -0.05) is 78.3 Å². The molecule has 33 heavy (non-hydrogen) atoms. The molecule has 1 aliphatic heterocycles. The van der Waals surface area contributed by atoms with Crippen molar-refractivity contribution in [1.29, 1.82) is 0 Å². The van der Waals surface area contributed by atoms with Gasteiger partial charge >= 0.3 is 5.97 Å². The summed E-state index contributed by atoms with van der Waals surface area (Å²) in [4.78, 5) is 25.2. The summed E-state index contributed by atoms with van der Waals surface area (Å²) < 4.78 is 11.2. The number of benzene rings is 4. The molecule has 0 unspecified atom stereocenters. The van der Waals surface area contributed by atoms with E-state index in [0.717, 1.165) is 16.7 Å². The van der Waals surface area contributed by atoms with Crippen molar-refractivity contribution in [2.24, 2.45) is 0 Å². The third-order valence-corrected chi connectivity index (χ3v) is 5.59. The number of halogens is 1. The van der Waals surface area contributed by atoms with E-state index >= 15 is 0 Å². The Labute approximate surface area is 195 Å². The van der Waals surface area contributed by atoms with E-state index in [9.17, 15) is 9.59 Å². The van der Waals surface area contributed by atoms with Crippen molar-refractivity contribution in [1.82, 2.24) is 0 Å². The first kappa shape index (κ1) is 20.7. The molecule has 0 amide bonds. The topological polar surface area (TPSA) is 52.6 Å². The van der Waals surface area contributed by atoms with E-state index in [1.165, 1.54) is 6.07 Å². The Morgan fingerprint density at radius 2 is 1.52 bits per heavy atom. The van der Waals surface area contributed by atoms with Crippen LogP contribution < -0.4 is 9.47 Å². The van der Waals surface area contributed by atoms with E-state index in [2.05, 4.69) is 0 Å². The average molecular weight is 453 g/mol. The van der Waals surface area contributed by atoms with Gasteiger partial charge in [0.05, 0.1) is 16.1 Å². The highest BCUT2D eigenvalue weighted by atomic mass is 35.5. The van der Waals surface area contributed by atoms with Crippen molar-refractivity contribution in [2.45, 2.75) is 0 Å². The number of hydrogen-bond donors (Lipinski definition) is 0. The van der Waals surface area contributed by atoms with Crippen LogP contribution in [0.2, 0.25) is 5.02 Å². The summed E-state index contributed by atoms with van der Waals surface area (Å²) in [5.74, 6) is 0.0175. The maximum Gasteiger partial charge on any atom is 0.345 e. The van der Waals surface area contributed by atoms with Crippen molar-refractivity contribution < 1.29 is 19.1 Å². The quantitative estimate of drug-likeness (QED) is 0.193. The minimum Gasteiger partial charge on any atom is -0.452 e. The average Bonchev–Trinajstić information content (AvgIpc) is 3.14. The van der Waals surface area contributed by atoms with Gasteiger partial charge in [0.15, 0.2) is 5.76 Å². The van der Waals surface area contributed by atoms with Crippen LogP contribution in [-0.4, -0.2) is 11.8 Å². The molecular weight excluding hydrogens is 436 g/mol. The number of Topliss-reactive ketones (excluding diaryl/α,β-unsaturated/α-hetero) is 1. The van der Waals surface area contributed by atoms with Gasteiger partial charge in [-0.2, -0.15) is 0 Å². The Kier molecular flexibility index (Phi) is 5.51. The smallest absolute Gasteiger partial charge is 0.345 e. The van der Waals surface area contributed by atoms with Gasteiger partial charge in [-0.3, -0.25) is 4.79 Å². The lowest BCUT2D eigenvalue weighted by atomic mass is 10.0. The van der Waals surface area contributed by atoms with Gasteiger partial charge < -0.3 is 9.47 Å². The monoisotopic (exact) mass is 452 g/mol. The zero-order valence-corrected chi connectivity index (χ0v) is 18.1. The number of hydrogen-bond acceptors (Lipinski definition) is 4. The summed E-state index contributed by atoms with van der Waals surface area (Å²) in [7, 11) is 0. The number of ether oxygens (including phenoxy) is 2. The molecule has 5 heteroatoms. The van der Waals surface area contributed by atoms with Gasteiger partial charge in [-0.15, -0.1) is 0 Å². The second-order valence-electron chi connectivity index (χ2n) is 7.46. The van der Waals surface area contributed by atoms with Crippen molar-refractivity contribution >= 4 is 29.4 Å². The predicted octanol–water partition coefficient (Wildman–Crippen LogP) is 6.84. The summed E-state index contributed by atoms with van der Waals surface area (Å²) in [5, 5.41) is 0.304. The highest BCUT2D eigenvalue weighted by Gasteiger charge is 2.28. The molecule has 4 aromatic carbocycles. The fraction of sp³-hybridized carbons (Fsp3) is 0. The Morgan fingerprint density at radius 3 is 2.27 bits per heavy atom. The molecule has 0 aliphatic carbocycles. The lowest BCUT2D eigenvalue weighted by molar-refractivity contribution is 0.0734. The molecule has 0 fully saturated rings. The molecule has 160 valence electrons. The Bertz CT molecular complexity index is 1390. The van der Waals surface area contributed by atoms with E-state index in [4.69, 9.17) is 21.1 Å². The van der Waals surface area contributed by atoms with Crippen LogP contribution in [0.1, 0.15) is 26.3 Å². The standard InChI is InChI=1S/C28H17ClO4/c29-24-9-5-4-8-22(24)28(31)32-21-14-15-23-25(17-21)33-26(27(23)30)16-18-10-12-20(13-11-18)19-6-2-1-3-7-19/h1-17H. The first-order valence-electron chi connectivity index (χ1n) is 10.3. The minimum atomic E-state index is -0.584. The van der Waals surface area contributed by atoms with Gasteiger partial charge in [0.25, 0.3) is 0 Å². The van der Waals surface area contributed by atoms with Crippen LogP contribution in [0.4, 0.5) is 0 Å². The number of allylic oxidation sites excluding steroid dienone is 1. The number of rotatable bonds is 4. The molecular formula is C28H17ClO4. The number of ketones is 1. The largest absolute Gasteiger partial charge is 0.452 e. The maximum absolute atomic E-state index is 12.8. The molecule has 0 radical (unpaired) electrons. The van der Waals surface area contributed by atoms with Crippen LogP contribution in [0.5, 0.6) is 11.5 Å². The summed E-state index contributed by atoms with van der Waals surface area (Å²) in [5.41, 5.74) is 3.73. The third-order valence-electron chi connectivity index (χ3n) is 5.26. The lowest BCUT2D eigenvalue weighted by Crippen LogP contribution is -2.09. The highest BCUT2D eigenvalue weighted by Crippen LogP contribution is 2.35. The second-order valence-corrected chi connectivity index (χ2v) is 7.86. The molecule has 0 saturated carbocycles. The predicted molar refractivity (Wildman–Crippen MR) is 128 cm³/mol. The molecule has 4 aromatic rings. The van der Waals surface area contributed by atoms with E-state index in [1.807, 2.05) is 54.6 Å². The summed E-state index contributed by atoms with van der Waals surface area (Å²) in [6.07, 6.45) is 1.70. The van der Waals surface area contributed by atoms with Gasteiger partial charge in [-0.05, 0) is 47.0 Å². The number of carbonyl (C=O) groups excluding carboxylic acids is 2. The van der Waals surface area contributed by atoms with Gasteiger partial charge in [0.1, 0.15) is 11.5 Å². The van der Waals surface area contributed by atoms with Crippen LogP contribution >= 0.6 is 11.6 Å². The molecule has 0 bridgehead atoms. The SMILES string of the molecule is O=C(Oc1ccc2c(c1)OC(=Cc1ccc(-c3ccccc3)cc1)C2=O)c1ccccc1Cl. The van der Waals surface area contributed by atoms with Crippen molar-refractivity contribution in [3.8, 4) is 22.6 Å². The van der Waals surface area contributed by atoms with Crippen molar-refractivity contribution in [2.75, 3.05) is 0 Å². The molecule has 0 saturated heterocycles. The van der Waals surface area contributed by atoms with Crippen LogP contribution in [0, 0.1) is 0 Å². The summed E-state index contributed by atoms with van der Waals surface area (Å²) in [6.45, 7) is 0. The first-order chi connectivity index (χ1) is 16.1. The van der Waals surface area contributed by atoms with E-state index < -0.39 is 5.97 Å². The normalized spacial score (nSPS) is 13.5. The molecule has 4 nitrogen and oxygen atoms in total. The first-order valence-corrected chi connectivity index (χ1v) is 10.7. The van der Waals surface area contributed by atoms with Gasteiger partial charge in [-0.25, -0.2) is 4.79 Å². The van der Waals surface area contributed by atoms with Crippen molar-refractivity contribution in [3.63, 3.8) is 0 Å². The summed E-state index contributed by atoms with van der Waals surface area (Å²) >= 11 is 6.06. The fourth-order valence-corrected chi connectivity index (χ4v) is 3.79. The van der Waals surface area contributed by atoms with Crippen LogP contribution in [0.15, 0.2) is 103 Å². The van der Waals surface area contributed by atoms with Crippen molar-refractivity contribution in [3.05, 3.63) is 125 Å². The Balaban J connectivity index is 1.34. The zero-order chi connectivity index (χ0) is 22.8. The Morgan fingerprint density at radius 1 is 0.818 bits per heavy atom. The number of carbonyl (C=O) groups is 2. The highest BCUT2D eigenvalue weighted by molar-refractivity contribution is 6.33. The molecule has 1 heterocycles. The molecule has 0 N–H and O–H groups in total. The maximum atomic E-state index is 12.8. The number of esters is 1. The lowest BCUT2D eigenvalue weighted by Gasteiger charge is -2.06. The van der Waals surface area contributed by atoms with Crippen LogP contribution in [0.3, 0.4) is 0 Å². The van der Waals surface area contributed by atoms with Crippen LogP contribution in [-0.2, 0) is 0 Å². The summed E-state index contributed by atoms with van der Waals surface area (Å²) in [6, 6.07) is 29.3. The molecule has 0 atom stereocenters. The van der Waals surface area contributed by atoms with Crippen LogP contribution in [0.25, 0.3) is 17.2 Å². The Hall–Kier alpha value is -4.15. The second kappa shape index (κ2) is 8.77. The molecule has 0 spiro atoms. The molecule has 0 aromatic heterocycles. The fourth-order valence-electron chi connectivity index (χ4n) is 3.57. The molecule has 5 rings (SSSR count). The molecule has 1 aliphatic rings. The third kappa shape index (κ3) is 4.29. The van der Waals surface area contributed by atoms with E-state index in [0.29, 0.717) is 16.3 Å². The van der Waals surface area contributed by atoms with E-state index in [-0.39, 0.29) is 22.9 Å². The van der Waals surface area contributed by atoms with Gasteiger partial charge in [0, 0.05) is 6.07 Å².